The number of anilines is 2. The van der Waals surface area contributed by atoms with Gasteiger partial charge in [-0.1, -0.05) is 84.9 Å². The van der Waals surface area contributed by atoms with Crippen molar-refractivity contribution in [2.24, 2.45) is 0 Å². The van der Waals surface area contributed by atoms with Crippen molar-refractivity contribution < 1.29 is 19.5 Å². The van der Waals surface area contributed by atoms with Gasteiger partial charge in [-0.2, -0.15) is 0 Å². The third kappa shape index (κ3) is 6.39. The van der Waals surface area contributed by atoms with Crippen molar-refractivity contribution in [1.82, 2.24) is 4.98 Å². The number of thioether (sulfide) groups is 1. The maximum atomic E-state index is 13.6. The predicted octanol–water partition coefficient (Wildman–Crippen LogP) is 8.39. The fourth-order valence-corrected chi connectivity index (χ4v) is 6.55. The molecule has 0 aliphatic rings. The van der Waals surface area contributed by atoms with E-state index in [4.69, 9.17) is 0 Å². The van der Waals surface area contributed by atoms with E-state index in [9.17, 15) is 19.5 Å². The van der Waals surface area contributed by atoms with Gasteiger partial charge in [0.15, 0.2) is 5.13 Å². The SMILES string of the molecule is O=C(O)c1cccc2cccc(C(=O)Nc3ccc(SC(C(=O)Nc4nc(-c5ccccc5)cs4)c4ccccc4)cc3)c12. The molecule has 1 heterocycles. The number of nitrogens with one attached hydrogen (secondary N) is 2. The standard InChI is InChI=1S/C35H25N3O4S2/c39-32(27-15-7-13-23-14-8-16-28(30(23)27)34(41)42)36-25-17-19-26(20-18-25)44-31(24-11-5-2-6-12-24)33(40)38-35-37-29(21-43-35)22-9-3-1-4-10-22/h1-21,31H,(H,36,39)(H,41,42)(H,37,38,40). The molecule has 6 aromatic rings. The van der Waals surface area contributed by atoms with Gasteiger partial charge < -0.3 is 15.7 Å². The van der Waals surface area contributed by atoms with Crippen LogP contribution in [0.5, 0.6) is 0 Å². The zero-order valence-electron chi connectivity index (χ0n) is 23.1. The van der Waals surface area contributed by atoms with E-state index in [1.54, 1.807) is 42.5 Å². The number of thiazole rings is 1. The number of hydrogen-bond acceptors (Lipinski definition) is 6. The lowest BCUT2D eigenvalue weighted by Crippen LogP contribution is -2.19. The van der Waals surface area contributed by atoms with Gasteiger partial charge in [0, 0.05) is 32.5 Å². The van der Waals surface area contributed by atoms with Crippen molar-refractivity contribution in [3.63, 3.8) is 0 Å². The van der Waals surface area contributed by atoms with E-state index in [1.807, 2.05) is 78.2 Å². The van der Waals surface area contributed by atoms with Crippen molar-refractivity contribution in [1.29, 1.82) is 0 Å². The highest BCUT2D eigenvalue weighted by Gasteiger charge is 2.23. The second kappa shape index (κ2) is 12.9. The molecule has 0 fully saturated rings. The summed E-state index contributed by atoms with van der Waals surface area (Å²) in [4.78, 5) is 44.0. The van der Waals surface area contributed by atoms with Crippen LogP contribution in [0.25, 0.3) is 22.0 Å². The summed E-state index contributed by atoms with van der Waals surface area (Å²) in [5.74, 6) is -1.71. The van der Waals surface area contributed by atoms with E-state index in [0.717, 1.165) is 21.7 Å². The molecule has 216 valence electrons. The van der Waals surface area contributed by atoms with Crippen LogP contribution in [0.3, 0.4) is 0 Å². The van der Waals surface area contributed by atoms with Crippen LogP contribution in [0, 0.1) is 0 Å². The van der Waals surface area contributed by atoms with Gasteiger partial charge in [0.2, 0.25) is 5.91 Å². The maximum absolute atomic E-state index is 13.6. The van der Waals surface area contributed by atoms with Crippen molar-refractivity contribution in [3.8, 4) is 11.3 Å². The normalized spacial score (nSPS) is 11.5. The van der Waals surface area contributed by atoms with E-state index in [1.165, 1.54) is 29.2 Å². The minimum Gasteiger partial charge on any atom is -0.478 e. The molecule has 9 heteroatoms. The topological polar surface area (TPSA) is 108 Å². The molecule has 1 unspecified atom stereocenters. The fraction of sp³-hybridized carbons (Fsp3) is 0.0286. The molecule has 2 amide bonds. The Hall–Kier alpha value is -5.25. The first-order valence-corrected chi connectivity index (χ1v) is 15.4. The Balaban J connectivity index is 1.19. The molecule has 0 saturated carbocycles. The number of nitrogens with zero attached hydrogens (tertiary/aromatic N) is 1. The minimum absolute atomic E-state index is 0.0688. The van der Waals surface area contributed by atoms with Crippen LogP contribution in [0.2, 0.25) is 0 Å². The highest BCUT2D eigenvalue weighted by molar-refractivity contribution is 8.00. The van der Waals surface area contributed by atoms with Crippen LogP contribution >= 0.6 is 23.1 Å². The molecule has 1 aromatic heterocycles. The van der Waals surface area contributed by atoms with E-state index >= 15 is 0 Å². The molecule has 0 bridgehead atoms. The maximum Gasteiger partial charge on any atom is 0.336 e. The molecule has 0 saturated heterocycles. The van der Waals surface area contributed by atoms with Crippen LogP contribution in [0.15, 0.2) is 132 Å². The summed E-state index contributed by atoms with van der Waals surface area (Å²) in [6.07, 6.45) is 0. The number of fused-ring (bicyclic) bond motifs is 1. The van der Waals surface area contributed by atoms with Crippen LogP contribution < -0.4 is 10.6 Å². The smallest absolute Gasteiger partial charge is 0.336 e. The molecule has 5 aromatic carbocycles. The van der Waals surface area contributed by atoms with E-state index < -0.39 is 17.1 Å². The average molecular weight is 616 g/mol. The third-order valence-electron chi connectivity index (χ3n) is 6.89. The molecule has 1 atom stereocenters. The number of amides is 2. The molecule has 0 spiro atoms. The van der Waals surface area contributed by atoms with Crippen molar-refractivity contribution in [3.05, 3.63) is 143 Å². The average Bonchev–Trinajstić information content (AvgIpc) is 3.53. The number of benzene rings is 5. The first kappa shape index (κ1) is 28.9. The second-order valence-electron chi connectivity index (χ2n) is 9.79. The number of aromatic carboxylic acids is 1. The summed E-state index contributed by atoms with van der Waals surface area (Å²) in [5.41, 5.74) is 3.51. The van der Waals surface area contributed by atoms with Crippen LogP contribution in [0.1, 0.15) is 31.5 Å². The molecule has 6 rings (SSSR count). The van der Waals surface area contributed by atoms with Gasteiger partial charge >= 0.3 is 5.97 Å². The van der Waals surface area contributed by atoms with Crippen molar-refractivity contribution >= 4 is 62.5 Å². The Morgan fingerprint density at radius 1 is 0.727 bits per heavy atom. The van der Waals surface area contributed by atoms with Crippen LogP contribution in [0.4, 0.5) is 10.8 Å². The lowest BCUT2D eigenvalue weighted by atomic mass is 9.98. The number of carboxylic acids is 1. The number of rotatable bonds is 9. The highest BCUT2D eigenvalue weighted by atomic mass is 32.2. The largest absolute Gasteiger partial charge is 0.478 e. The van der Waals surface area contributed by atoms with Crippen LogP contribution in [-0.4, -0.2) is 27.9 Å². The summed E-state index contributed by atoms with van der Waals surface area (Å²) in [6.45, 7) is 0. The Bertz CT molecular complexity index is 1950. The number of carbonyl (C=O) groups excluding carboxylic acids is 2. The zero-order valence-corrected chi connectivity index (χ0v) is 24.8. The Morgan fingerprint density at radius 3 is 2.07 bits per heavy atom. The van der Waals surface area contributed by atoms with Gasteiger partial charge in [0.05, 0.1) is 11.3 Å². The molecular weight excluding hydrogens is 591 g/mol. The van der Waals surface area contributed by atoms with Gasteiger partial charge in [-0.3, -0.25) is 9.59 Å². The first-order valence-electron chi connectivity index (χ1n) is 13.7. The number of aromatic nitrogens is 1. The molecule has 0 aliphatic heterocycles. The Labute approximate surface area is 261 Å². The molecule has 0 radical (unpaired) electrons. The summed E-state index contributed by atoms with van der Waals surface area (Å²) in [7, 11) is 0. The van der Waals surface area contributed by atoms with Gasteiger partial charge in [-0.05, 0) is 47.3 Å². The number of carbonyl (C=O) groups is 3. The quantitative estimate of drug-likeness (QED) is 0.141. The fourth-order valence-electron chi connectivity index (χ4n) is 4.80. The van der Waals surface area contributed by atoms with E-state index in [2.05, 4.69) is 15.6 Å². The Kier molecular flexibility index (Phi) is 8.49. The monoisotopic (exact) mass is 615 g/mol. The molecule has 0 aliphatic carbocycles. The zero-order chi connectivity index (χ0) is 30.5. The third-order valence-corrected chi connectivity index (χ3v) is 8.91. The summed E-state index contributed by atoms with van der Waals surface area (Å²) < 4.78 is 0. The molecule has 7 nitrogen and oxygen atoms in total. The highest BCUT2D eigenvalue weighted by Crippen LogP contribution is 2.37. The minimum atomic E-state index is -1.10. The van der Waals surface area contributed by atoms with Crippen LogP contribution in [-0.2, 0) is 4.79 Å². The van der Waals surface area contributed by atoms with E-state index in [0.29, 0.717) is 21.6 Å². The number of carboxylic acid groups (broad SMARTS) is 1. The molecule has 44 heavy (non-hydrogen) atoms. The summed E-state index contributed by atoms with van der Waals surface area (Å²) in [6, 6.07) is 36.6. The lowest BCUT2D eigenvalue weighted by molar-refractivity contribution is -0.115. The van der Waals surface area contributed by atoms with Gasteiger partial charge in [-0.25, -0.2) is 9.78 Å². The summed E-state index contributed by atoms with van der Waals surface area (Å²) >= 11 is 2.77. The lowest BCUT2D eigenvalue weighted by Gasteiger charge is -2.16. The van der Waals surface area contributed by atoms with Crippen molar-refractivity contribution in [2.75, 3.05) is 10.6 Å². The van der Waals surface area contributed by atoms with Crippen molar-refractivity contribution in [2.45, 2.75) is 10.1 Å². The number of hydrogen-bond donors (Lipinski definition) is 3. The van der Waals surface area contributed by atoms with Gasteiger partial charge in [0.25, 0.3) is 5.91 Å². The summed E-state index contributed by atoms with van der Waals surface area (Å²) in [5, 5.41) is 18.5. The second-order valence-corrected chi connectivity index (χ2v) is 11.8. The van der Waals surface area contributed by atoms with E-state index in [-0.39, 0.29) is 17.0 Å². The van der Waals surface area contributed by atoms with Gasteiger partial charge in [-0.15, -0.1) is 23.1 Å². The van der Waals surface area contributed by atoms with Gasteiger partial charge in [0.1, 0.15) is 5.25 Å². The predicted molar refractivity (Wildman–Crippen MR) is 177 cm³/mol. The Morgan fingerprint density at radius 2 is 1.39 bits per heavy atom. The molecular formula is C35H25N3O4S2. The molecule has 3 N–H and O–H groups in total. The first-order chi connectivity index (χ1) is 21.5.